The molecule has 1 saturated carbocycles. The van der Waals surface area contributed by atoms with Crippen molar-refractivity contribution >= 4 is 0 Å². The average Bonchev–Trinajstić information content (AvgIpc) is 2.09. The number of aliphatic hydroxyl groups excluding tert-OH is 1. The standard InChI is InChI=1S/C14H26O3/c1-10-8-12(3,4)14(17,7-6-11(2)15)13(5,16)9-10/h6-7,10-11,15-17H,8-9H2,1-5H3/b7-6+/t10-,11+,13+,14+/m0/s1. The third kappa shape index (κ3) is 2.56. The highest BCUT2D eigenvalue weighted by molar-refractivity contribution is 5.20. The first kappa shape index (κ1) is 14.7. The van der Waals surface area contributed by atoms with Crippen LogP contribution in [0.1, 0.15) is 47.5 Å². The van der Waals surface area contributed by atoms with Gasteiger partial charge in [-0.1, -0.05) is 32.9 Å². The summed E-state index contributed by atoms with van der Waals surface area (Å²) in [5.41, 5.74) is -2.89. The van der Waals surface area contributed by atoms with Gasteiger partial charge in [-0.2, -0.15) is 0 Å². The molecule has 1 aliphatic rings. The molecule has 4 atom stereocenters. The highest BCUT2D eigenvalue weighted by Gasteiger charge is 2.57. The van der Waals surface area contributed by atoms with E-state index in [4.69, 9.17) is 0 Å². The van der Waals surface area contributed by atoms with E-state index in [-0.39, 0.29) is 0 Å². The van der Waals surface area contributed by atoms with Gasteiger partial charge in [0.05, 0.1) is 11.7 Å². The van der Waals surface area contributed by atoms with Gasteiger partial charge in [0, 0.05) is 5.41 Å². The Kier molecular flexibility index (Phi) is 3.78. The molecule has 0 aliphatic heterocycles. The molecule has 0 saturated heterocycles. The third-order valence-corrected chi connectivity index (χ3v) is 4.07. The Morgan fingerprint density at radius 3 is 2.12 bits per heavy atom. The number of rotatable bonds is 2. The Morgan fingerprint density at radius 2 is 1.71 bits per heavy atom. The van der Waals surface area contributed by atoms with Crippen LogP contribution in [0.15, 0.2) is 12.2 Å². The zero-order valence-corrected chi connectivity index (χ0v) is 11.6. The molecule has 0 aromatic heterocycles. The first-order valence-corrected chi connectivity index (χ1v) is 6.34. The lowest BCUT2D eigenvalue weighted by atomic mass is 9.56. The van der Waals surface area contributed by atoms with E-state index in [1.165, 1.54) is 0 Å². The molecule has 3 nitrogen and oxygen atoms in total. The van der Waals surface area contributed by atoms with Crippen LogP contribution in [-0.2, 0) is 0 Å². The normalized spacial score (nSPS) is 43.9. The fraction of sp³-hybridized carbons (Fsp3) is 0.857. The largest absolute Gasteiger partial charge is 0.389 e. The van der Waals surface area contributed by atoms with Crippen molar-refractivity contribution in [1.82, 2.24) is 0 Å². The van der Waals surface area contributed by atoms with Crippen molar-refractivity contribution in [2.24, 2.45) is 11.3 Å². The summed E-state index contributed by atoms with van der Waals surface area (Å²) in [4.78, 5) is 0. The second-order valence-corrected chi connectivity index (χ2v) is 6.54. The molecule has 0 bridgehead atoms. The summed E-state index contributed by atoms with van der Waals surface area (Å²) < 4.78 is 0. The lowest BCUT2D eigenvalue weighted by Gasteiger charge is -2.55. The summed E-state index contributed by atoms with van der Waals surface area (Å²) in [5.74, 6) is 0.375. The molecule has 0 spiro atoms. The Labute approximate surface area is 104 Å². The minimum absolute atomic E-state index is 0.375. The summed E-state index contributed by atoms with van der Waals surface area (Å²) >= 11 is 0. The van der Waals surface area contributed by atoms with Crippen LogP contribution in [0.2, 0.25) is 0 Å². The Balaban J connectivity index is 3.15. The maximum absolute atomic E-state index is 10.8. The summed E-state index contributed by atoms with van der Waals surface area (Å²) in [7, 11) is 0. The lowest BCUT2D eigenvalue weighted by molar-refractivity contribution is -0.205. The van der Waals surface area contributed by atoms with Gasteiger partial charge < -0.3 is 15.3 Å². The zero-order valence-electron chi connectivity index (χ0n) is 11.6. The summed E-state index contributed by atoms with van der Waals surface area (Å²) in [5, 5.41) is 30.7. The summed E-state index contributed by atoms with van der Waals surface area (Å²) in [6.07, 6.45) is 3.92. The Hall–Kier alpha value is -0.380. The molecule has 0 amide bonds. The molecule has 3 heteroatoms. The molecule has 0 radical (unpaired) electrons. The molecule has 17 heavy (non-hydrogen) atoms. The van der Waals surface area contributed by atoms with Crippen molar-refractivity contribution in [2.45, 2.75) is 64.8 Å². The molecule has 0 aromatic rings. The monoisotopic (exact) mass is 242 g/mol. The molecule has 100 valence electrons. The third-order valence-electron chi connectivity index (χ3n) is 4.07. The molecule has 0 aromatic carbocycles. The zero-order chi connectivity index (χ0) is 13.5. The lowest BCUT2D eigenvalue weighted by Crippen LogP contribution is -2.63. The molecule has 1 fully saturated rings. The van der Waals surface area contributed by atoms with Crippen molar-refractivity contribution in [1.29, 1.82) is 0 Å². The van der Waals surface area contributed by atoms with Crippen LogP contribution in [0.25, 0.3) is 0 Å². The summed E-state index contributed by atoms with van der Waals surface area (Å²) in [6.45, 7) is 9.32. The predicted molar refractivity (Wildman–Crippen MR) is 68.6 cm³/mol. The van der Waals surface area contributed by atoms with E-state index in [1.54, 1.807) is 26.0 Å². The predicted octanol–water partition coefficient (Wildman–Crippen LogP) is 1.86. The average molecular weight is 242 g/mol. The molecule has 1 rings (SSSR count). The molecule has 0 unspecified atom stereocenters. The van der Waals surface area contributed by atoms with Crippen LogP contribution in [-0.4, -0.2) is 32.6 Å². The van der Waals surface area contributed by atoms with Crippen LogP contribution >= 0.6 is 0 Å². The topological polar surface area (TPSA) is 60.7 Å². The quantitative estimate of drug-likeness (QED) is 0.648. The summed E-state index contributed by atoms with van der Waals surface area (Å²) in [6, 6.07) is 0. The van der Waals surface area contributed by atoms with Crippen molar-refractivity contribution in [2.75, 3.05) is 0 Å². The molecular formula is C14H26O3. The smallest absolute Gasteiger partial charge is 0.116 e. The first-order chi connectivity index (χ1) is 7.52. The van der Waals surface area contributed by atoms with Crippen molar-refractivity contribution in [3.8, 4) is 0 Å². The van der Waals surface area contributed by atoms with Crippen molar-refractivity contribution < 1.29 is 15.3 Å². The van der Waals surface area contributed by atoms with E-state index in [1.807, 2.05) is 13.8 Å². The highest BCUT2D eigenvalue weighted by atomic mass is 16.4. The maximum Gasteiger partial charge on any atom is 0.116 e. The van der Waals surface area contributed by atoms with Crippen LogP contribution in [0.4, 0.5) is 0 Å². The highest BCUT2D eigenvalue weighted by Crippen LogP contribution is 2.51. The van der Waals surface area contributed by atoms with Gasteiger partial charge in [0.15, 0.2) is 0 Å². The molecular weight excluding hydrogens is 216 g/mol. The number of hydrogen-bond acceptors (Lipinski definition) is 3. The van der Waals surface area contributed by atoms with Gasteiger partial charge in [-0.05, 0) is 32.6 Å². The minimum Gasteiger partial charge on any atom is -0.389 e. The molecule has 0 heterocycles. The Bertz CT molecular complexity index is 285. The van der Waals surface area contributed by atoms with E-state index in [2.05, 4.69) is 6.92 Å². The van der Waals surface area contributed by atoms with Crippen LogP contribution in [0.3, 0.4) is 0 Å². The van der Waals surface area contributed by atoms with E-state index in [0.717, 1.165) is 6.42 Å². The van der Waals surface area contributed by atoms with Crippen LogP contribution < -0.4 is 0 Å². The minimum atomic E-state index is -1.30. The maximum atomic E-state index is 10.8. The second-order valence-electron chi connectivity index (χ2n) is 6.54. The van der Waals surface area contributed by atoms with Crippen LogP contribution in [0.5, 0.6) is 0 Å². The molecule has 3 N–H and O–H groups in total. The van der Waals surface area contributed by atoms with Crippen molar-refractivity contribution in [3.63, 3.8) is 0 Å². The van der Waals surface area contributed by atoms with Crippen molar-refractivity contribution in [3.05, 3.63) is 12.2 Å². The van der Waals surface area contributed by atoms with E-state index in [9.17, 15) is 15.3 Å². The van der Waals surface area contributed by atoms with E-state index < -0.39 is 22.7 Å². The number of hydrogen-bond donors (Lipinski definition) is 3. The van der Waals surface area contributed by atoms with Gasteiger partial charge in [0.25, 0.3) is 0 Å². The van der Waals surface area contributed by atoms with Gasteiger partial charge in [-0.3, -0.25) is 0 Å². The van der Waals surface area contributed by atoms with Gasteiger partial charge in [-0.15, -0.1) is 0 Å². The Morgan fingerprint density at radius 1 is 1.18 bits per heavy atom. The number of aliphatic hydroxyl groups is 3. The van der Waals surface area contributed by atoms with Gasteiger partial charge in [0.1, 0.15) is 5.60 Å². The fourth-order valence-electron chi connectivity index (χ4n) is 3.35. The van der Waals surface area contributed by atoms with Gasteiger partial charge in [0.2, 0.25) is 0 Å². The van der Waals surface area contributed by atoms with Crippen LogP contribution in [0, 0.1) is 11.3 Å². The van der Waals surface area contributed by atoms with Gasteiger partial charge in [-0.25, -0.2) is 0 Å². The first-order valence-electron chi connectivity index (χ1n) is 6.34. The van der Waals surface area contributed by atoms with E-state index in [0.29, 0.717) is 12.3 Å². The fourth-order valence-corrected chi connectivity index (χ4v) is 3.35. The van der Waals surface area contributed by atoms with E-state index >= 15 is 0 Å². The molecule has 1 aliphatic carbocycles. The SMILES string of the molecule is C[C@H]1CC(C)(C)[C@](O)(/C=C/[C@@H](C)O)[C@](C)(O)C1. The van der Waals surface area contributed by atoms with Gasteiger partial charge >= 0.3 is 0 Å². The second kappa shape index (κ2) is 4.38.